The fourth-order valence-corrected chi connectivity index (χ4v) is 6.07. The third-order valence-electron chi connectivity index (χ3n) is 3.96. The van der Waals surface area contributed by atoms with Crippen LogP contribution in [0.4, 0.5) is 0 Å². The van der Waals surface area contributed by atoms with Gasteiger partial charge in [-0.05, 0) is 0 Å². The minimum atomic E-state index is -2.38. The molecule has 4 heteroatoms. The maximum absolute atomic E-state index is 12.6. The third kappa shape index (κ3) is 2.20. The van der Waals surface area contributed by atoms with Crippen molar-refractivity contribution in [3.8, 4) is 11.1 Å². The first-order chi connectivity index (χ1) is 9.80. The summed E-state index contributed by atoms with van der Waals surface area (Å²) >= 11 is -2.38. The van der Waals surface area contributed by atoms with Crippen LogP contribution >= 0.6 is 0 Å². The molecule has 3 nitrogen and oxygen atoms in total. The summed E-state index contributed by atoms with van der Waals surface area (Å²) in [5.41, 5.74) is 8.82. The molecule has 1 amide bonds. The Bertz CT molecular complexity index is 788. The molecule has 0 atom stereocenters. The first-order valence-corrected chi connectivity index (χ1v) is 16.9. The monoisotopic (exact) mass is 387 g/mol. The van der Waals surface area contributed by atoms with E-state index >= 15 is 0 Å². The van der Waals surface area contributed by atoms with Gasteiger partial charge in [-0.3, -0.25) is 0 Å². The van der Waals surface area contributed by atoms with Crippen molar-refractivity contribution in [2.75, 3.05) is 0 Å². The van der Waals surface area contributed by atoms with Gasteiger partial charge in [0.15, 0.2) is 0 Å². The Labute approximate surface area is 128 Å². The summed E-state index contributed by atoms with van der Waals surface area (Å²) in [5, 5.41) is 0. The third-order valence-corrected chi connectivity index (χ3v) is 9.73. The maximum atomic E-state index is 12.6. The molecule has 0 unspecified atom stereocenters. The molecular formula is C17H17NO2Sn. The van der Waals surface area contributed by atoms with Crippen molar-refractivity contribution in [1.29, 1.82) is 0 Å². The quantitative estimate of drug-likeness (QED) is 0.689. The summed E-state index contributed by atoms with van der Waals surface area (Å²) in [4.78, 5) is 31.3. The average Bonchev–Trinajstić information content (AvgIpc) is 2.71. The van der Waals surface area contributed by atoms with E-state index in [2.05, 4.69) is 20.9 Å². The van der Waals surface area contributed by atoms with Gasteiger partial charge in [0.2, 0.25) is 0 Å². The van der Waals surface area contributed by atoms with Crippen LogP contribution in [-0.2, 0) is 0 Å². The molecule has 3 rings (SSSR count). The summed E-state index contributed by atoms with van der Waals surface area (Å²) in [7, 11) is 0. The van der Waals surface area contributed by atoms with E-state index in [0.29, 0.717) is 16.7 Å². The van der Waals surface area contributed by atoms with E-state index in [4.69, 9.17) is 5.73 Å². The van der Waals surface area contributed by atoms with E-state index in [1.165, 1.54) is 3.58 Å². The van der Waals surface area contributed by atoms with Crippen LogP contribution in [0, 0.1) is 0 Å². The molecule has 0 saturated heterocycles. The van der Waals surface area contributed by atoms with Crippen molar-refractivity contribution in [2.24, 2.45) is 5.73 Å². The summed E-state index contributed by atoms with van der Waals surface area (Å²) in [5.74, 6) is -0.616. The molecular weight excluding hydrogens is 369 g/mol. The molecule has 0 aliphatic heterocycles. The van der Waals surface area contributed by atoms with Gasteiger partial charge in [-0.15, -0.1) is 0 Å². The Hall–Kier alpha value is -1.62. The van der Waals surface area contributed by atoms with E-state index in [1.54, 1.807) is 0 Å². The van der Waals surface area contributed by atoms with Crippen molar-refractivity contribution in [3.05, 3.63) is 53.1 Å². The molecule has 0 saturated carbocycles. The van der Waals surface area contributed by atoms with E-state index in [-0.39, 0.29) is 5.78 Å². The molecule has 0 radical (unpaired) electrons. The second-order valence-corrected chi connectivity index (χ2v) is 20.9. The van der Waals surface area contributed by atoms with Gasteiger partial charge in [-0.2, -0.15) is 0 Å². The van der Waals surface area contributed by atoms with Crippen molar-refractivity contribution in [1.82, 2.24) is 0 Å². The van der Waals surface area contributed by atoms with Gasteiger partial charge in [-0.1, -0.05) is 0 Å². The molecule has 2 N–H and O–H groups in total. The van der Waals surface area contributed by atoms with Gasteiger partial charge in [-0.25, -0.2) is 0 Å². The predicted octanol–water partition coefficient (Wildman–Crippen LogP) is 2.54. The van der Waals surface area contributed by atoms with Gasteiger partial charge in [0.25, 0.3) is 0 Å². The van der Waals surface area contributed by atoms with Gasteiger partial charge < -0.3 is 0 Å². The number of carbonyl (C=O) groups excluding carboxylic acids is 2. The molecule has 0 bridgehead atoms. The summed E-state index contributed by atoms with van der Waals surface area (Å²) in [6.07, 6.45) is 0. The Morgan fingerprint density at radius 2 is 1.62 bits per heavy atom. The summed E-state index contributed by atoms with van der Waals surface area (Å²) in [6.45, 7) is 0. The van der Waals surface area contributed by atoms with Crippen molar-refractivity contribution >= 4 is 33.6 Å². The first-order valence-electron chi connectivity index (χ1n) is 6.93. The van der Waals surface area contributed by atoms with Crippen LogP contribution in [0.5, 0.6) is 0 Å². The van der Waals surface area contributed by atoms with Gasteiger partial charge >= 0.3 is 128 Å². The van der Waals surface area contributed by atoms with Crippen LogP contribution in [0.25, 0.3) is 11.1 Å². The normalized spacial score (nSPS) is 13.0. The Kier molecular flexibility index (Phi) is 3.20. The summed E-state index contributed by atoms with van der Waals surface area (Å²) in [6, 6.07) is 11.4. The van der Waals surface area contributed by atoms with Gasteiger partial charge in [0.1, 0.15) is 0 Å². The van der Waals surface area contributed by atoms with Crippen LogP contribution in [0.15, 0.2) is 36.4 Å². The standard InChI is InChI=1S/C14H8NO2.3CH3.Sn/c15-14(17)11-7-3-6-9-8-4-1-2-5-10(8)13(16)12(9)11;;;;/h1-2,4-7H,(H2,15,17);3*1H3;. The predicted molar refractivity (Wildman–Crippen MR) is 86.8 cm³/mol. The Morgan fingerprint density at radius 1 is 1.00 bits per heavy atom. The number of fused-ring (bicyclic) bond motifs is 3. The zero-order valence-electron chi connectivity index (χ0n) is 12.4. The average molecular weight is 386 g/mol. The number of hydrogen-bond acceptors (Lipinski definition) is 2. The first kappa shape index (κ1) is 14.3. The van der Waals surface area contributed by atoms with E-state index in [9.17, 15) is 9.59 Å². The number of nitrogens with two attached hydrogens (primary N) is 1. The van der Waals surface area contributed by atoms with Crippen LogP contribution in [0.1, 0.15) is 26.3 Å². The van der Waals surface area contributed by atoms with E-state index in [1.807, 2.05) is 30.3 Å². The molecule has 0 fully saturated rings. The molecule has 0 aromatic heterocycles. The zero-order chi connectivity index (χ0) is 15.4. The Morgan fingerprint density at radius 3 is 2.19 bits per heavy atom. The van der Waals surface area contributed by atoms with Crippen LogP contribution in [0.3, 0.4) is 0 Å². The van der Waals surface area contributed by atoms with Crippen LogP contribution in [0.2, 0.25) is 14.8 Å². The van der Waals surface area contributed by atoms with Crippen LogP contribution < -0.4 is 9.31 Å². The number of benzene rings is 2. The van der Waals surface area contributed by atoms with Crippen LogP contribution in [-0.4, -0.2) is 30.1 Å². The summed E-state index contributed by atoms with van der Waals surface area (Å²) < 4.78 is 1.21. The zero-order valence-corrected chi connectivity index (χ0v) is 15.2. The SMILES string of the molecule is [CH3][Sn]([CH3])([CH3])[c]1cc(C(N)=O)c2c(c1)-c1ccccc1C2=O. The molecule has 106 valence electrons. The number of amides is 1. The van der Waals surface area contributed by atoms with Crippen molar-refractivity contribution in [2.45, 2.75) is 14.8 Å². The minimum absolute atomic E-state index is 0.0925. The molecule has 2 aromatic rings. The molecule has 1 aliphatic rings. The number of primary amides is 1. The van der Waals surface area contributed by atoms with E-state index < -0.39 is 24.3 Å². The molecule has 0 heterocycles. The Balaban J connectivity index is 2.39. The fraction of sp³-hybridized carbons (Fsp3) is 0.176. The second-order valence-electron chi connectivity index (χ2n) is 6.44. The van der Waals surface area contributed by atoms with Crippen molar-refractivity contribution < 1.29 is 9.59 Å². The molecule has 2 aromatic carbocycles. The molecule has 1 aliphatic carbocycles. The number of hydrogen-bond donors (Lipinski definition) is 1. The van der Waals surface area contributed by atoms with Gasteiger partial charge in [0.05, 0.1) is 0 Å². The molecule has 21 heavy (non-hydrogen) atoms. The van der Waals surface area contributed by atoms with E-state index in [0.717, 1.165) is 11.1 Å². The number of carbonyl (C=O) groups is 2. The van der Waals surface area contributed by atoms with Gasteiger partial charge in [0, 0.05) is 0 Å². The molecule has 0 spiro atoms. The topological polar surface area (TPSA) is 60.2 Å². The number of rotatable bonds is 2. The number of ketones is 1. The second kappa shape index (κ2) is 4.70. The fourth-order valence-electron chi connectivity index (χ4n) is 2.78. The van der Waals surface area contributed by atoms with Crippen molar-refractivity contribution in [3.63, 3.8) is 0 Å².